The first kappa shape index (κ1) is 17.4. The second-order valence-corrected chi connectivity index (χ2v) is 5.58. The van der Waals surface area contributed by atoms with Gasteiger partial charge in [-0.3, -0.25) is 0 Å². The second kappa shape index (κ2) is 7.67. The Hall–Kier alpha value is -2.38. The molecule has 1 aliphatic heterocycles. The normalized spacial score (nSPS) is 13.1. The lowest BCUT2D eigenvalue weighted by Gasteiger charge is -2.21. The van der Waals surface area contributed by atoms with Gasteiger partial charge in [0.05, 0.1) is 12.2 Å². The van der Waals surface area contributed by atoms with Crippen molar-refractivity contribution in [1.82, 2.24) is 0 Å². The van der Waals surface area contributed by atoms with Gasteiger partial charge in [0.15, 0.2) is 6.79 Å². The van der Waals surface area contributed by atoms with Crippen LogP contribution in [0.5, 0.6) is 11.5 Å². The van der Waals surface area contributed by atoms with Gasteiger partial charge in [0, 0.05) is 16.1 Å². The number of alkyl halides is 2. The first-order valence-electron chi connectivity index (χ1n) is 7.27. The zero-order chi connectivity index (χ0) is 17.8. The third kappa shape index (κ3) is 4.37. The summed E-state index contributed by atoms with van der Waals surface area (Å²) >= 11 is 6.04. The SMILES string of the molecule is O=C(OCc1cc(Cl)cc2c1OCOC2)c1cccc(OC(F)F)c1. The molecule has 0 saturated heterocycles. The lowest BCUT2D eigenvalue weighted by Crippen LogP contribution is -2.14. The third-order valence-corrected chi connectivity index (χ3v) is 3.62. The number of esters is 1. The van der Waals surface area contributed by atoms with E-state index in [0.29, 0.717) is 22.9 Å². The first-order chi connectivity index (χ1) is 12.0. The summed E-state index contributed by atoms with van der Waals surface area (Å²) in [4.78, 5) is 12.1. The molecule has 1 aliphatic rings. The minimum atomic E-state index is -2.97. The van der Waals surface area contributed by atoms with E-state index in [0.717, 1.165) is 5.56 Å². The van der Waals surface area contributed by atoms with Gasteiger partial charge in [-0.2, -0.15) is 8.78 Å². The van der Waals surface area contributed by atoms with E-state index in [9.17, 15) is 13.6 Å². The zero-order valence-corrected chi connectivity index (χ0v) is 13.6. The predicted octanol–water partition coefficient (Wildman–Crippen LogP) is 4.16. The van der Waals surface area contributed by atoms with E-state index in [-0.39, 0.29) is 24.7 Å². The molecule has 0 radical (unpaired) electrons. The highest BCUT2D eigenvalue weighted by molar-refractivity contribution is 6.30. The number of ether oxygens (including phenoxy) is 4. The van der Waals surface area contributed by atoms with E-state index >= 15 is 0 Å². The molecule has 0 aromatic heterocycles. The minimum Gasteiger partial charge on any atom is -0.467 e. The molecule has 2 aromatic rings. The summed E-state index contributed by atoms with van der Waals surface area (Å²) < 4.78 is 44.6. The number of carbonyl (C=O) groups is 1. The number of rotatable bonds is 5. The van der Waals surface area contributed by atoms with E-state index in [2.05, 4.69) is 4.74 Å². The number of hydrogen-bond donors (Lipinski definition) is 0. The minimum absolute atomic E-state index is 0.0817. The van der Waals surface area contributed by atoms with Crippen LogP contribution in [0.4, 0.5) is 8.78 Å². The molecule has 0 atom stereocenters. The van der Waals surface area contributed by atoms with Crippen LogP contribution in [0.25, 0.3) is 0 Å². The summed E-state index contributed by atoms with van der Waals surface area (Å²) in [6.45, 7) is -2.60. The van der Waals surface area contributed by atoms with Crippen LogP contribution >= 0.6 is 11.6 Å². The zero-order valence-electron chi connectivity index (χ0n) is 12.8. The Balaban J connectivity index is 1.72. The van der Waals surface area contributed by atoms with Gasteiger partial charge in [-0.1, -0.05) is 17.7 Å². The van der Waals surface area contributed by atoms with Gasteiger partial charge in [-0.15, -0.1) is 0 Å². The molecule has 132 valence electrons. The Morgan fingerprint density at radius 3 is 2.92 bits per heavy atom. The molecule has 0 unspecified atom stereocenters. The molecular formula is C17H13ClF2O5. The van der Waals surface area contributed by atoms with Gasteiger partial charge in [0.1, 0.15) is 18.1 Å². The summed E-state index contributed by atoms with van der Waals surface area (Å²) in [6.07, 6.45) is 0. The fourth-order valence-electron chi connectivity index (χ4n) is 2.39. The van der Waals surface area contributed by atoms with Crippen LogP contribution in [0, 0.1) is 0 Å². The Morgan fingerprint density at radius 2 is 2.12 bits per heavy atom. The molecule has 0 amide bonds. The van der Waals surface area contributed by atoms with Crippen molar-refractivity contribution in [3.63, 3.8) is 0 Å². The average Bonchev–Trinajstić information content (AvgIpc) is 2.59. The Bertz CT molecular complexity index is 782. The molecular weight excluding hydrogens is 358 g/mol. The quantitative estimate of drug-likeness (QED) is 0.739. The van der Waals surface area contributed by atoms with E-state index < -0.39 is 12.6 Å². The molecule has 0 bridgehead atoms. The molecule has 2 aromatic carbocycles. The maximum Gasteiger partial charge on any atom is 0.387 e. The van der Waals surface area contributed by atoms with Crippen molar-refractivity contribution in [1.29, 1.82) is 0 Å². The lowest BCUT2D eigenvalue weighted by atomic mass is 10.1. The summed E-state index contributed by atoms with van der Waals surface area (Å²) in [5, 5.41) is 0.464. The smallest absolute Gasteiger partial charge is 0.387 e. The number of carbonyl (C=O) groups excluding carboxylic acids is 1. The van der Waals surface area contributed by atoms with Crippen LogP contribution in [0.15, 0.2) is 36.4 Å². The van der Waals surface area contributed by atoms with Crippen LogP contribution in [-0.2, 0) is 22.7 Å². The number of benzene rings is 2. The summed E-state index contributed by atoms with van der Waals surface area (Å²) in [7, 11) is 0. The standard InChI is InChI=1S/C17H13ClF2O5/c18-13-4-11-7-22-9-24-15(11)12(5-13)8-23-16(21)10-2-1-3-14(6-10)25-17(19)20/h1-6,17H,7-9H2. The predicted molar refractivity (Wildman–Crippen MR) is 83.9 cm³/mol. The molecule has 0 N–H and O–H groups in total. The molecule has 0 aliphatic carbocycles. The van der Waals surface area contributed by atoms with Crippen LogP contribution in [-0.4, -0.2) is 19.4 Å². The van der Waals surface area contributed by atoms with Crippen molar-refractivity contribution >= 4 is 17.6 Å². The maximum atomic E-state index is 12.2. The largest absolute Gasteiger partial charge is 0.467 e. The van der Waals surface area contributed by atoms with Crippen LogP contribution in [0.3, 0.4) is 0 Å². The molecule has 3 rings (SSSR count). The van der Waals surface area contributed by atoms with E-state index in [1.807, 2.05) is 0 Å². The van der Waals surface area contributed by atoms with Crippen molar-refractivity contribution in [2.75, 3.05) is 6.79 Å². The van der Waals surface area contributed by atoms with E-state index in [1.165, 1.54) is 24.3 Å². The summed E-state index contributed by atoms with van der Waals surface area (Å²) in [5.74, 6) is -0.233. The van der Waals surface area contributed by atoms with Crippen molar-refractivity contribution in [2.24, 2.45) is 0 Å². The van der Waals surface area contributed by atoms with Gasteiger partial charge in [-0.25, -0.2) is 4.79 Å². The fraction of sp³-hybridized carbons (Fsp3) is 0.235. The molecule has 1 heterocycles. The van der Waals surface area contributed by atoms with Crippen LogP contribution in [0.1, 0.15) is 21.5 Å². The molecule has 25 heavy (non-hydrogen) atoms. The third-order valence-electron chi connectivity index (χ3n) is 3.41. The van der Waals surface area contributed by atoms with Gasteiger partial charge >= 0.3 is 12.6 Å². The monoisotopic (exact) mass is 370 g/mol. The van der Waals surface area contributed by atoms with Gasteiger partial charge in [-0.05, 0) is 30.3 Å². The Morgan fingerprint density at radius 1 is 1.28 bits per heavy atom. The lowest BCUT2D eigenvalue weighted by molar-refractivity contribution is -0.0499. The topological polar surface area (TPSA) is 54.0 Å². The van der Waals surface area contributed by atoms with Crippen molar-refractivity contribution in [3.05, 3.63) is 58.1 Å². The Labute approximate surface area is 147 Å². The number of hydrogen-bond acceptors (Lipinski definition) is 5. The molecule has 5 nitrogen and oxygen atoms in total. The van der Waals surface area contributed by atoms with E-state index in [4.69, 9.17) is 25.8 Å². The molecule has 0 saturated carbocycles. The summed E-state index contributed by atoms with van der Waals surface area (Å²) in [5.41, 5.74) is 1.45. The van der Waals surface area contributed by atoms with Gasteiger partial charge < -0.3 is 18.9 Å². The first-order valence-corrected chi connectivity index (χ1v) is 7.64. The fourth-order valence-corrected chi connectivity index (χ4v) is 2.65. The highest BCUT2D eigenvalue weighted by Crippen LogP contribution is 2.32. The van der Waals surface area contributed by atoms with Crippen molar-refractivity contribution in [2.45, 2.75) is 19.8 Å². The maximum absolute atomic E-state index is 12.2. The average molecular weight is 371 g/mol. The summed E-state index contributed by atoms with van der Waals surface area (Å²) in [6, 6.07) is 8.73. The van der Waals surface area contributed by atoms with Crippen LogP contribution in [0.2, 0.25) is 5.02 Å². The number of fused-ring (bicyclic) bond motifs is 1. The van der Waals surface area contributed by atoms with Crippen LogP contribution < -0.4 is 9.47 Å². The molecule has 0 fully saturated rings. The number of halogens is 3. The van der Waals surface area contributed by atoms with Crippen molar-refractivity contribution in [3.8, 4) is 11.5 Å². The van der Waals surface area contributed by atoms with Gasteiger partial charge in [0.2, 0.25) is 0 Å². The second-order valence-electron chi connectivity index (χ2n) is 5.15. The van der Waals surface area contributed by atoms with Crippen molar-refractivity contribution < 1.29 is 32.5 Å². The van der Waals surface area contributed by atoms with E-state index in [1.54, 1.807) is 12.1 Å². The Kier molecular flexibility index (Phi) is 5.35. The highest BCUT2D eigenvalue weighted by Gasteiger charge is 2.18. The molecule has 8 heteroatoms. The van der Waals surface area contributed by atoms with Gasteiger partial charge in [0.25, 0.3) is 0 Å². The highest BCUT2D eigenvalue weighted by atomic mass is 35.5. The molecule has 0 spiro atoms.